The number of aliphatic hydroxyl groups is 1. The quantitative estimate of drug-likeness (QED) is 0.662. The molecule has 0 bridgehead atoms. The number of hydrogen-bond donors (Lipinski definition) is 3. The molecule has 0 aliphatic rings. The van der Waals surface area contributed by atoms with Gasteiger partial charge in [-0.1, -0.05) is 0 Å². The van der Waals surface area contributed by atoms with Crippen molar-refractivity contribution in [2.45, 2.75) is 38.6 Å². The maximum Gasteiger partial charge on any atom is 0.355 e. The zero-order valence-electron chi connectivity index (χ0n) is 12.0. The smallest absolute Gasteiger partial charge is 0.355 e. The van der Waals surface area contributed by atoms with Gasteiger partial charge < -0.3 is 14.8 Å². The third kappa shape index (κ3) is 3.38. The van der Waals surface area contributed by atoms with Crippen LogP contribution in [0.15, 0.2) is 4.90 Å². The summed E-state index contributed by atoms with van der Waals surface area (Å²) in [5.41, 5.74) is 0.781. The lowest BCUT2D eigenvalue weighted by atomic mass is 10.2. The third-order valence-electron chi connectivity index (χ3n) is 2.75. The number of H-pyrrole nitrogens is 1. The standard InChI is InChI=1S/C12H20N2O5S/c1-5-19-12(16)10-8(3)11(9(4)13-10)20(17,18)14-7(2)6-15/h7,13-15H,5-6H2,1-4H3. The van der Waals surface area contributed by atoms with Crippen molar-refractivity contribution in [1.82, 2.24) is 9.71 Å². The summed E-state index contributed by atoms with van der Waals surface area (Å²) in [6.45, 7) is 6.21. The van der Waals surface area contributed by atoms with E-state index in [2.05, 4.69) is 9.71 Å². The van der Waals surface area contributed by atoms with Crippen LogP contribution in [0.3, 0.4) is 0 Å². The van der Waals surface area contributed by atoms with Gasteiger partial charge in [0.25, 0.3) is 0 Å². The molecule has 7 nitrogen and oxygen atoms in total. The third-order valence-corrected chi connectivity index (χ3v) is 4.61. The number of nitrogens with one attached hydrogen (secondary N) is 2. The summed E-state index contributed by atoms with van der Waals surface area (Å²) in [4.78, 5) is 14.5. The molecule has 1 aromatic heterocycles. The molecular formula is C12H20N2O5S. The van der Waals surface area contributed by atoms with Crippen molar-refractivity contribution >= 4 is 16.0 Å². The van der Waals surface area contributed by atoms with Gasteiger partial charge in [-0.25, -0.2) is 17.9 Å². The number of ether oxygens (including phenoxy) is 1. The summed E-state index contributed by atoms with van der Waals surface area (Å²) in [6, 6.07) is -0.611. The normalized spacial score (nSPS) is 13.2. The van der Waals surface area contributed by atoms with Gasteiger partial charge >= 0.3 is 5.97 Å². The Labute approximate surface area is 118 Å². The van der Waals surface area contributed by atoms with Crippen LogP contribution in [-0.4, -0.2) is 43.7 Å². The summed E-state index contributed by atoms with van der Waals surface area (Å²) in [5, 5.41) is 8.94. The number of carbonyl (C=O) groups excluding carboxylic acids is 1. The highest BCUT2D eigenvalue weighted by Crippen LogP contribution is 2.23. The number of sulfonamides is 1. The highest BCUT2D eigenvalue weighted by Gasteiger charge is 2.27. The van der Waals surface area contributed by atoms with Crippen LogP contribution in [0, 0.1) is 13.8 Å². The first-order valence-electron chi connectivity index (χ1n) is 6.24. The zero-order chi connectivity index (χ0) is 15.5. The summed E-state index contributed by atoms with van der Waals surface area (Å²) >= 11 is 0. The lowest BCUT2D eigenvalue weighted by Crippen LogP contribution is -2.35. The van der Waals surface area contributed by atoms with E-state index in [-0.39, 0.29) is 23.8 Å². The van der Waals surface area contributed by atoms with Crippen LogP contribution < -0.4 is 4.72 Å². The Kier molecular flexibility index (Phi) is 5.32. The number of hydrogen-bond acceptors (Lipinski definition) is 5. The minimum absolute atomic E-state index is 0.0147. The molecule has 1 unspecified atom stereocenters. The van der Waals surface area contributed by atoms with E-state index in [9.17, 15) is 13.2 Å². The van der Waals surface area contributed by atoms with Crippen LogP contribution in [0.25, 0.3) is 0 Å². The molecule has 0 fully saturated rings. The van der Waals surface area contributed by atoms with Crippen LogP contribution in [0.4, 0.5) is 0 Å². The monoisotopic (exact) mass is 304 g/mol. The van der Waals surface area contributed by atoms with E-state index in [0.29, 0.717) is 11.3 Å². The minimum Gasteiger partial charge on any atom is -0.461 e. The van der Waals surface area contributed by atoms with Crippen LogP contribution in [-0.2, 0) is 14.8 Å². The first-order valence-corrected chi connectivity index (χ1v) is 7.72. The van der Waals surface area contributed by atoms with Crippen molar-refractivity contribution < 1.29 is 23.1 Å². The Hall–Kier alpha value is -1.38. The fourth-order valence-electron chi connectivity index (χ4n) is 1.90. The topological polar surface area (TPSA) is 108 Å². The maximum absolute atomic E-state index is 12.2. The van der Waals surface area contributed by atoms with Crippen molar-refractivity contribution in [3.05, 3.63) is 17.0 Å². The summed E-state index contributed by atoms with van der Waals surface area (Å²) in [6.07, 6.45) is 0. The number of rotatable bonds is 6. The summed E-state index contributed by atoms with van der Waals surface area (Å²) in [5.74, 6) is -0.593. The van der Waals surface area contributed by atoms with E-state index in [1.165, 1.54) is 6.92 Å². The van der Waals surface area contributed by atoms with Gasteiger partial charge in [0.15, 0.2) is 0 Å². The molecule has 3 N–H and O–H groups in total. The molecule has 0 radical (unpaired) electrons. The van der Waals surface area contributed by atoms with E-state index >= 15 is 0 Å². The van der Waals surface area contributed by atoms with Gasteiger partial charge in [-0.15, -0.1) is 0 Å². The van der Waals surface area contributed by atoms with Crippen LogP contribution in [0.1, 0.15) is 35.6 Å². The van der Waals surface area contributed by atoms with E-state index in [1.54, 1.807) is 20.8 Å². The van der Waals surface area contributed by atoms with Gasteiger partial charge in [-0.05, 0) is 27.7 Å². The van der Waals surface area contributed by atoms with Crippen molar-refractivity contribution in [2.24, 2.45) is 0 Å². The Bertz CT molecular complexity index is 591. The second-order valence-electron chi connectivity index (χ2n) is 4.50. The number of aryl methyl sites for hydroxylation is 1. The van der Waals surface area contributed by atoms with E-state index < -0.39 is 22.0 Å². The summed E-state index contributed by atoms with van der Waals surface area (Å²) in [7, 11) is -3.81. The van der Waals surface area contributed by atoms with E-state index in [1.807, 2.05) is 0 Å². The molecule has 20 heavy (non-hydrogen) atoms. The highest BCUT2D eigenvalue weighted by molar-refractivity contribution is 7.89. The molecule has 0 aliphatic heterocycles. The minimum atomic E-state index is -3.81. The molecule has 1 atom stereocenters. The molecule has 114 valence electrons. The van der Waals surface area contributed by atoms with Crippen molar-refractivity contribution in [2.75, 3.05) is 13.2 Å². The zero-order valence-corrected chi connectivity index (χ0v) is 12.8. The fraction of sp³-hybridized carbons (Fsp3) is 0.583. The average Bonchev–Trinajstić information content (AvgIpc) is 2.65. The second-order valence-corrected chi connectivity index (χ2v) is 6.16. The Morgan fingerprint density at radius 2 is 2.05 bits per heavy atom. The lowest BCUT2D eigenvalue weighted by Gasteiger charge is -2.12. The lowest BCUT2D eigenvalue weighted by molar-refractivity contribution is 0.0519. The van der Waals surface area contributed by atoms with Gasteiger partial charge in [0.1, 0.15) is 10.6 Å². The summed E-state index contributed by atoms with van der Waals surface area (Å²) < 4.78 is 31.7. The molecule has 0 aliphatic carbocycles. The molecule has 0 aromatic carbocycles. The molecule has 0 saturated carbocycles. The molecule has 0 spiro atoms. The van der Waals surface area contributed by atoms with E-state index in [4.69, 9.17) is 9.84 Å². The first kappa shape index (κ1) is 16.7. The van der Waals surface area contributed by atoms with Gasteiger partial charge in [0, 0.05) is 17.3 Å². The first-order chi connectivity index (χ1) is 9.24. The number of aliphatic hydroxyl groups excluding tert-OH is 1. The number of carbonyl (C=O) groups is 1. The number of esters is 1. The molecule has 1 rings (SSSR count). The van der Waals surface area contributed by atoms with Gasteiger partial charge in [0.2, 0.25) is 10.0 Å². The average molecular weight is 304 g/mol. The SMILES string of the molecule is CCOC(=O)c1[nH]c(C)c(S(=O)(=O)NC(C)CO)c1C. The molecule has 1 heterocycles. The van der Waals surface area contributed by atoms with Gasteiger partial charge in [0.05, 0.1) is 13.2 Å². The van der Waals surface area contributed by atoms with Crippen LogP contribution in [0.2, 0.25) is 0 Å². The molecule has 1 aromatic rings. The van der Waals surface area contributed by atoms with Gasteiger partial charge in [-0.2, -0.15) is 0 Å². The maximum atomic E-state index is 12.2. The Morgan fingerprint density at radius 3 is 2.55 bits per heavy atom. The largest absolute Gasteiger partial charge is 0.461 e. The van der Waals surface area contributed by atoms with Crippen molar-refractivity contribution in [3.8, 4) is 0 Å². The van der Waals surface area contributed by atoms with Crippen molar-refractivity contribution in [1.29, 1.82) is 0 Å². The predicted octanol–water partition coefficient (Wildman–Crippen LogP) is 0.467. The molecule has 0 saturated heterocycles. The predicted molar refractivity (Wildman–Crippen MR) is 73.1 cm³/mol. The highest BCUT2D eigenvalue weighted by atomic mass is 32.2. The molecule has 8 heteroatoms. The van der Waals surface area contributed by atoms with Crippen LogP contribution >= 0.6 is 0 Å². The fourth-order valence-corrected chi connectivity index (χ4v) is 3.59. The van der Waals surface area contributed by atoms with Crippen molar-refractivity contribution in [3.63, 3.8) is 0 Å². The van der Waals surface area contributed by atoms with Crippen LogP contribution in [0.5, 0.6) is 0 Å². The number of aromatic amines is 1. The Morgan fingerprint density at radius 1 is 1.45 bits per heavy atom. The molecular weight excluding hydrogens is 284 g/mol. The Balaban J connectivity index is 3.23. The molecule has 0 amide bonds. The number of aromatic nitrogens is 1. The second kappa shape index (κ2) is 6.38. The van der Waals surface area contributed by atoms with E-state index in [0.717, 1.165) is 0 Å². The van der Waals surface area contributed by atoms with Gasteiger partial charge in [-0.3, -0.25) is 0 Å².